The van der Waals surface area contributed by atoms with E-state index < -0.39 is 0 Å². The second-order valence-electron chi connectivity index (χ2n) is 4.09. The van der Waals surface area contributed by atoms with Crippen LogP contribution in [0.4, 0.5) is 0 Å². The summed E-state index contributed by atoms with van der Waals surface area (Å²) in [5, 5.41) is 17.8. The Balaban J connectivity index is 2.16. The van der Waals surface area contributed by atoms with E-state index >= 15 is 0 Å². The van der Waals surface area contributed by atoms with Gasteiger partial charge in [0.1, 0.15) is 17.4 Å². The Kier molecular flexibility index (Phi) is 2.48. The molecule has 88 valence electrons. The molecule has 0 radical (unpaired) electrons. The van der Waals surface area contributed by atoms with Gasteiger partial charge in [0.05, 0.1) is 22.7 Å². The number of fused-ring (bicyclic) bond motifs is 1. The summed E-state index contributed by atoms with van der Waals surface area (Å²) in [6.45, 7) is 0. The molecule has 0 aliphatic rings. The van der Waals surface area contributed by atoms with Gasteiger partial charge in [-0.2, -0.15) is 10.5 Å². The van der Waals surface area contributed by atoms with Crippen molar-refractivity contribution in [3.63, 3.8) is 0 Å². The van der Waals surface area contributed by atoms with Gasteiger partial charge in [-0.15, -0.1) is 0 Å². The third kappa shape index (κ3) is 1.82. The summed E-state index contributed by atoms with van der Waals surface area (Å²) < 4.78 is 0. The average molecular weight is 244 g/mol. The lowest BCUT2D eigenvalue weighted by Gasteiger charge is -1.95. The molecule has 0 amide bonds. The van der Waals surface area contributed by atoms with Gasteiger partial charge >= 0.3 is 0 Å². The zero-order valence-corrected chi connectivity index (χ0v) is 9.88. The number of H-pyrrole nitrogens is 1. The average Bonchev–Trinajstić information content (AvgIpc) is 2.91. The zero-order chi connectivity index (χ0) is 13.2. The summed E-state index contributed by atoms with van der Waals surface area (Å²) in [6, 6.07) is 16.8. The van der Waals surface area contributed by atoms with Gasteiger partial charge in [0.15, 0.2) is 0 Å². The number of aromatic amines is 1. The number of aromatic nitrogens is 2. The van der Waals surface area contributed by atoms with Gasteiger partial charge in [0.2, 0.25) is 0 Å². The predicted molar refractivity (Wildman–Crippen MR) is 71.0 cm³/mol. The van der Waals surface area contributed by atoms with Crippen LogP contribution in [0, 0.1) is 22.7 Å². The minimum Gasteiger partial charge on any atom is -0.338 e. The van der Waals surface area contributed by atoms with Crippen molar-refractivity contribution < 1.29 is 0 Å². The topological polar surface area (TPSA) is 76.3 Å². The van der Waals surface area contributed by atoms with Crippen LogP contribution in [0.25, 0.3) is 22.4 Å². The van der Waals surface area contributed by atoms with Crippen LogP contribution < -0.4 is 0 Å². The molecule has 3 rings (SSSR count). The summed E-state index contributed by atoms with van der Waals surface area (Å²) in [5.41, 5.74) is 3.55. The van der Waals surface area contributed by atoms with Crippen LogP contribution in [0.15, 0.2) is 42.5 Å². The molecule has 1 N–H and O–H groups in total. The smallest absolute Gasteiger partial charge is 0.138 e. The Hall–Kier alpha value is -3.11. The largest absolute Gasteiger partial charge is 0.338 e. The highest BCUT2D eigenvalue weighted by molar-refractivity contribution is 5.84. The monoisotopic (exact) mass is 244 g/mol. The lowest BCUT2D eigenvalue weighted by molar-refractivity contribution is 1.33. The molecule has 0 atom stereocenters. The molecule has 0 aliphatic heterocycles. The van der Waals surface area contributed by atoms with Gasteiger partial charge in [0, 0.05) is 5.56 Å². The van der Waals surface area contributed by atoms with Gasteiger partial charge in [0.25, 0.3) is 0 Å². The molecule has 0 unspecified atom stereocenters. The van der Waals surface area contributed by atoms with E-state index in [4.69, 9.17) is 10.5 Å². The maximum absolute atomic E-state index is 9.04. The van der Waals surface area contributed by atoms with Crippen molar-refractivity contribution in [1.82, 2.24) is 9.97 Å². The number of nitrogens with one attached hydrogen (secondary N) is 1. The number of hydrogen-bond acceptors (Lipinski definition) is 3. The molecule has 0 saturated heterocycles. The van der Waals surface area contributed by atoms with Crippen molar-refractivity contribution in [1.29, 1.82) is 10.5 Å². The number of para-hydroxylation sites is 1. The zero-order valence-electron chi connectivity index (χ0n) is 9.88. The maximum atomic E-state index is 9.04. The Morgan fingerprint density at radius 2 is 1.74 bits per heavy atom. The standard InChI is InChI=1S/C15H8N4/c16-8-10-4-6-11(7-5-10)15-18-13-3-1-2-12(9-17)14(13)19-15/h1-7H,(H,18,19). The fraction of sp³-hybridized carbons (Fsp3) is 0. The van der Waals surface area contributed by atoms with E-state index in [0.717, 1.165) is 11.1 Å². The van der Waals surface area contributed by atoms with Gasteiger partial charge in [-0.25, -0.2) is 4.98 Å². The molecular weight excluding hydrogens is 236 g/mol. The Labute approximate surface area is 109 Å². The fourth-order valence-corrected chi connectivity index (χ4v) is 1.96. The molecule has 0 aliphatic carbocycles. The molecular formula is C15H8N4. The summed E-state index contributed by atoms with van der Waals surface area (Å²) in [7, 11) is 0. The van der Waals surface area contributed by atoms with Crippen LogP contribution in [0.3, 0.4) is 0 Å². The second kappa shape index (κ2) is 4.29. The lowest BCUT2D eigenvalue weighted by atomic mass is 10.1. The molecule has 19 heavy (non-hydrogen) atoms. The fourth-order valence-electron chi connectivity index (χ4n) is 1.96. The van der Waals surface area contributed by atoms with Crippen molar-refractivity contribution in [3.8, 4) is 23.5 Å². The Bertz CT molecular complexity index is 829. The molecule has 4 nitrogen and oxygen atoms in total. The SMILES string of the molecule is N#Cc1ccc(-c2nc3c(C#N)cccc3[nH]2)cc1. The number of hydrogen-bond donors (Lipinski definition) is 1. The molecule has 0 saturated carbocycles. The van der Waals surface area contributed by atoms with Crippen LogP contribution in [0.5, 0.6) is 0 Å². The van der Waals surface area contributed by atoms with Crippen molar-refractivity contribution in [2.75, 3.05) is 0 Å². The molecule has 1 heterocycles. The van der Waals surface area contributed by atoms with Crippen LogP contribution in [0.2, 0.25) is 0 Å². The van der Waals surface area contributed by atoms with Gasteiger partial charge < -0.3 is 4.98 Å². The number of nitrogens with zero attached hydrogens (tertiary/aromatic N) is 3. The molecule has 3 aromatic rings. The number of nitriles is 2. The van der Waals surface area contributed by atoms with Gasteiger partial charge in [-0.05, 0) is 36.4 Å². The highest BCUT2D eigenvalue weighted by Crippen LogP contribution is 2.22. The van der Waals surface area contributed by atoms with E-state index in [0.29, 0.717) is 22.5 Å². The van der Waals surface area contributed by atoms with E-state index in [1.165, 1.54) is 0 Å². The molecule has 2 aromatic carbocycles. The first-order valence-corrected chi connectivity index (χ1v) is 5.71. The van der Waals surface area contributed by atoms with Crippen molar-refractivity contribution in [3.05, 3.63) is 53.6 Å². The third-order valence-electron chi connectivity index (χ3n) is 2.92. The van der Waals surface area contributed by atoms with Crippen LogP contribution in [0.1, 0.15) is 11.1 Å². The minimum absolute atomic E-state index is 0.550. The van der Waals surface area contributed by atoms with Gasteiger partial charge in [-0.3, -0.25) is 0 Å². The first-order valence-electron chi connectivity index (χ1n) is 5.71. The summed E-state index contributed by atoms with van der Waals surface area (Å²) in [5.74, 6) is 0.696. The molecule has 0 bridgehead atoms. The summed E-state index contributed by atoms with van der Waals surface area (Å²) in [4.78, 5) is 7.63. The Morgan fingerprint density at radius 1 is 0.947 bits per heavy atom. The van der Waals surface area contributed by atoms with Crippen molar-refractivity contribution in [2.45, 2.75) is 0 Å². The maximum Gasteiger partial charge on any atom is 0.138 e. The van der Waals surface area contributed by atoms with Crippen molar-refractivity contribution >= 4 is 11.0 Å². The van der Waals surface area contributed by atoms with E-state index in [2.05, 4.69) is 22.1 Å². The second-order valence-corrected chi connectivity index (χ2v) is 4.09. The third-order valence-corrected chi connectivity index (χ3v) is 2.92. The molecule has 1 aromatic heterocycles. The minimum atomic E-state index is 0.550. The quantitative estimate of drug-likeness (QED) is 0.714. The first-order chi connectivity index (χ1) is 9.31. The molecule has 0 fully saturated rings. The van der Waals surface area contributed by atoms with E-state index in [1.807, 2.05) is 24.3 Å². The first kappa shape index (κ1) is 11.0. The predicted octanol–water partition coefficient (Wildman–Crippen LogP) is 2.97. The lowest BCUT2D eigenvalue weighted by Crippen LogP contribution is -1.81. The van der Waals surface area contributed by atoms with E-state index in [9.17, 15) is 0 Å². The highest BCUT2D eigenvalue weighted by atomic mass is 14.9. The van der Waals surface area contributed by atoms with Crippen LogP contribution in [-0.4, -0.2) is 9.97 Å². The van der Waals surface area contributed by atoms with Gasteiger partial charge in [-0.1, -0.05) is 6.07 Å². The summed E-state index contributed by atoms with van der Waals surface area (Å²) in [6.07, 6.45) is 0. The Morgan fingerprint density at radius 3 is 2.42 bits per heavy atom. The number of rotatable bonds is 1. The summed E-state index contributed by atoms with van der Waals surface area (Å²) >= 11 is 0. The molecule has 0 spiro atoms. The highest BCUT2D eigenvalue weighted by Gasteiger charge is 2.08. The number of imidazole rings is 1. The van der Waals surface area contributed by atoms with Crippen LogP contribution in [-0.2, 0) is 0 Å². The van der Waals surface area contributed by atoms with Crippen LogP contribution >= 0.6 is 0 Å². The van der Waals surface area contributed by atoms with Crippen molar-refractivity contribution in [2.24, 2.45) is 0 Å². The van der Waals surface area contributed by atoms with E-state index in [1.54, 1.807) is 18.2 Å². The normalized spacial score (nSPS) is 10.0. The van der Waals surface area contributed by atoms with E-state index in [-0.39, 0.29) is 0 Å². The molecule has 4 heteroatoms. The number of benzene rings is 2.